The lowest BCUT2D eigenvalue weighted by Gasteiger charge is -2.32. The fraction of sp³-hybridized carbons (Fsp3) is 0.529. The van der Waals surface area contributed by atoms with Crippen molar-refractivity contribution < 1.29 is 9.59 Å². The lowest BCUT2D eigenvalue weighted by atomic mass is 10.2. The van der Waals surface area contributed by atoms with Gasteiger partial charge < -0.3 is 15.1 Å². The zero-order chi connectivity index (χ0) is 16.6. The highest BCUT2D eigenvalue weighted by atomic mass is 35.5. The van der Waals surface area contributed by atoms with Crippen LogP contribution < -0.4 is 5.32 Å². The lowest BCUT2D eigenvalue weighted by Crippen LogP contribution is -2.48. The van der Waals surface area contributed by atoms with Crippen LogP contribution in [0, 0.1) is 18.8 Å². The smallest absolute Gasteiger partial charge is 0.228 e. The summed E-state index contributed by atoms with van der Waals surface area (Å²) >= 11 is 5.97. The molecule has 124 valence electrons. The first-order chi connectivity index (χ1) is 11.0. The molecular formula is C17H22ClN3O2. The van der Waals surface area contributed by atoms with Crippen molar-refractivity contribution in [3.05, 3.63) is 28.8 Å². The molecule has 0 bridgehead atoms. The third-order valence-electron chi connectivity index (χ3n) is 4.72. The highest BCUT2D eigenvalue weighted by molar-refractivity contribution is 6.31. The van der Waals surface area contributed by atoms with Crippen LogP contribution in [0.4, 0.5) is 5.69 Å². The van der Waals surface area contributed by atoms with Crippen LogP contribution in [0.3, 0.4) is 0 Å². The molecule has 1 saturated carbocycles. The van der Waals surface area contributed by atoms with Gasteiger partial charge in [0.2, 0.25) is 11.8 Å². The van der Waals surface area contributed by atoms with Crippen LogP contribution in [0.1, 0.15) is 12.0 Å². The Morgan fingerprint density at radius 2 is 1.87 bits per heavy atom. The predicted molar refractivity (Wildman–Crippen MR) is 90.5 cm³/mol. The summed E-state index contributed by atoms with van der Waals surface area (Å²) < 4.78 is 0. The Kier molecular flexibility index (Phi) is 4.60. The number of amides is 2. The molecule has 1 N–H and O–H groups in total. The SMILES string of the molecule is Cc1ccc(Cl)cc1NC(=O)C1CC1C(=O)N1CCN(C)CC1. The van der Waals surface area contributed by atoms with Gasteiger partial charge in [0.05, 0.1) is 11.8 Å². The van der Waals surface area contributed by atoms with E-state index >= 15 is 0 Å². The molecule has 2 unspecified atom stereocenters. The Morgan fingerprint density at radius 3 is 2.57 bits per heavy atom. The van der Waals surface area contributed by atoms with E-state index in [1.807, 2.05) is 17.9 Å². The number of halogens is 1. The summed E-state index contributed by atoms with van der Waals surface area (Å²) in [6.45, 7) is 5.24. The maximum Gasteiger partial charge on any atom is 0.228 e. The minimum Gasteiger partial charge on any atom is -0.340 e. The van der Waals surface area contributed by atoms with Crippen molar-refractivity contribution >= 4 is 29.1 Å². The second kappa shape index (κ2) is 6.49. The number of carbonyl (C=O) groups is 2. The van der Waals surface area contributed by atoms with Gasteiger partial charge in [0, 0.05) is 36.9 Å². The van der Waals surface area contributed by atoms with Crippen LogP contribution in [0.2, 0.25) is 5.02 Å². The normalized spacial score (nSPS) is 24.4. The molecule has 1 heterocycles. The maximum absolute atomic E-state index is 12.5. The van der Waals surface area contributed by atoms with Crippen LogP contribution in [0.15, 0.2) is 18.2 Å². The van der Waals surface area contributed by atoms with Crippen molar-refractivity contribution in [2.24, 2.45) is 11.8 Å². The number of hydrogen-bond acceptors (Lipinski definition) is 3. The van der Waals surface area contributed by atoms with Gasteiger partial charge in [-0.3, -0.25) is 9.59 Å². The number of carbonyl (C=O) groups excluding carboxylic acids is 2. The van der Waals surface area contributed by atoms with Gasteiger partial charge >= 0.3 is 0 Å². The van der Waals surface area contributed by atoms with E-state index in [9.17, 15) is 9.59 Å². The second-order valence-electron chi connectivity index (χ2n) is 6.53. The van der Waals surface area contributed by atoms with Gasteiger partial charge in [0.15, 0.2) is 0 Å². The number of piperazine rings is 1. The first kappa shape index (κ1) is 16.3. The van der Waals surface area contributed by atoms with Crippen molar-refractivity contribution in [1.82, 2.24) is 9.80 Å². The Labute approximate surface area is 141 Å². The molecule has 23 heavy (non-hydrogen) atoms. The number of hydrogen-bond donors (Lipinski definition) is 1. The average molecular weight is 336 g/mol. The summed E-state index contributed by atoms with van der Waals surface area (Å²) in [6, 6.07) is 5.41. The number of nitrogens with zero attached hydrogens (tertiary/aromatic N) is 2. The quantitative estimate of drug-likeness (QED) is 0.919. The van der Waals surface area contributed by atoms with E-state index in [1.165, 1.54) is 0 Å². The molecule has 5 nitrogen and oxygen atoms in total. The van der Waals surface area contributed by atoms with Crippen LogP contribution in [0.5, 0.6) is 0 Å². The number of likely N-dealkylation sites (N-methyl/N-ethyl adjacent to an activating group) is 1. The van der Waals surface area contributed by atoms with Crippen molar-refractivity contribution in [2.45, 2.75) is 13.3 Å². The molecule has 0 aromatic heterocycles. The molecule has 1 saturated heterocycles. The minimum absolute atomic E-state index is 0.0807. The molecule has 2 amide bonds. The first-order valence-electron chi connectivity index (χ1n) is 8.00. The van der Waals surface area contributed by atoms with Crippen molar-refractivity contribution in [3.8, 4) is 0 Å². The molecule has 1 aromatic carbocycles. The molecule has 0 spiro atoms. The van der Waals surface area contributed by atoms with Gasteiger partial charge in [-0.25, -0.2) is 0 Å². The standard InChI is InChI=1S/C17H22ClN3O2/c1-11-3-4-12(18)9-15(11)19-16(22)13-10-14(13)17(23)21-7-5-20(2)6-8-21/h3-4,9,13-14H,5-8,10H2,1-2H3,(H,19,22). The molecule has 1 aliphatic carbocycles. The molecule has 2 atom stereocenters. The van der Waals surface area contributed by atoms with Crippen LogP contribution in [0.25, 0.3) is 0 Å². The molecule has 2 fully saturated rings. The summed E-state index contributed by atoms with van der Waals surface area (Å²) in [5.41, 5.74) is 1.69. The van der Waals surface area contributed by atoms with E-state index in [1.54, 1.807) is 12.1 Å². The lowest BCUT2D eigenvalue weighted by molar-refractivity contribution is -0.135. The summed E-state index contributed by atoms with van der Waals surface area (Å²) in [4.78, 5) is 28.9. The third-order valence-corrected chi connectivity index (χ3v) is 4.95. The van der Waals surface area contributed by atoms with Gasteiger partial charge in [0.1, 0.15) is 0 Å². The van der Waals surface area contributed by atoms with E-state index in [2.05, 4.69) is 17.3 Å². The van der Waals surface area contributed by atoms with Gasteiger partial charge in [0.25, 0.3) is 0 Å². The number of aryl methyl sites for hydroxylation is 1. The largest absolute Gasteiger partial charge is 0.340 e. The molecule has 3 rings (SSSR count). The number of benzene rings is 1. The molecule has 2 aliphatic rings. The van der Waals surface area contributed by atoms with Crippen LogP contribution in [-0.4, -0.2) is 54.8 Å². The highest BCUT2D eigenvalue weighted by Gasteiger charge is 2.49. The zero-order valence-electron chi connectivity index (χ0n) is 13.5. The summed E-state index contributed by atoms with van der Waals surface area (Å²) in [7, 11) is 2.06. The number of nitrogens with one attached hydrogen (secondary N) is 1. The second-order valence-corrected chi connectivity index (χ2v) is 6.96. The van der Waals surface area contributed by atoms with Gasteiger partial charge in [-0.15, -0.1) is 0 Å². The third kappa shape index (κ3) is 3.67. The molecular weight excluding hydrogens is 314 g/mol. The van der Waals surface area contributed by atoms with Crippen molar-refractivity contribution in [3.63, 3.8) is 0 Å². The van der Waals surface area contributed by atoms with E-state index < -0.39 is 0 Å². The average Bonchev–Trinajstić information content (AvgIpc) is 3.31. The Bertz CT molecular complexity index is 626. The molecule has 1 aliphatic heterocycles. The minimum atomic E-state index is -0.208. The Balaban J connectivity index is 1.56. The van der Waals surface area contributed by atoms with Gasteiger partial charge in [-0.1, -0.05) is 17.7 Å². The Hall–Kier alpha value is -1.59. The number of rotatable bonds is 3. The van der Waals surface area contributed by atoms with Crippen LogP contribution >= 0.6 is 11.6 Å². The van der Waals surface area contributed by atoms with E-state index in [4.69, 9.17) is 11.6 Å². The molecule has 0 radical (unpaired) electrons. The van der Waals surface area contributed by atoms with E-state index in [0.29, 0.717) is 11.4 Å². The molecule has 6 heteroatoms. The molecule has 1 aromatic rings. The van der Waals surface area contributed by atoms with Crippen LogP contribution in [-0.2, 0) is 9.59 Å². The van der Waals surface area contributed by atoms with E-state index in [-0.39, 0.29) is 23.7 Å². The highest BCUT2D eigenvalue weighted by Crippen LogP contribution is 2.41. The predicted octanol–water partition coefficient (Wildman–Crippen LogP) is 2.00. The summed E-state index contributed by atoms with van der Waals surface area (Å²) in [5, 5.41) is 3.50. The zero-order valence-corrected chi connectivity index (χ0v) is 14.3. The Morgan fingerprint density at radius 1 is 1.17 bits per heavy atom. The first-order valence-corrected chi connectivity index (χ1v) is 8.38. The van der Waals surface area contributed by atoms with Crippen molar-refractivity contribution in [1.29, 1.82) is 0 Å². The number of anilines is 1. The maximum atomic E-state index is 12.5. The summed E-state index contributed by atoms with van der Waals surface area (Å²) in [5.74, 6) is -0.317. The van der Waals surface area contributed by atoms with E-state index in [0.717, 1.165) is 37.4 Å². The topological polar surface area (TPSA) is 52.7 Å². The monoisotopic (exact) mass is 335 g/mol. The fourth-order valence-electron chi connectivity index (χ4n) is 2.97. The van der Waals surface area contributed by atoms with Gasteiger partial charge in [-0.05, 0) is 38.1 Å². The fourth-order valence-corrected chi connectivity index (χ4v) is 3.15. The van der Waals surface area contributed by atoms with Crippen molar-refractivity contribution in [2.75, 3.05) is 38.5 Å². The van der Waals surface area contributed by atoms with Gasteiger partial charge in [-0.2, -0.15) is 0 Å². The summed E-state index contributed by atoms with van der Waals surface area (Å²) in [6.07, 6.45) is 0.649.